The number of anilines is 1. The number of sulfonamides is 1. The monoisotopic (exact) mass is 493 g/mol. The van der Waals surface area contributed by atoms with Crippen molar-refractivity contribution in [1.29, 1.82) is 0 Å². The van der Waals surface area contributed by atoms with E-state index in [9.17, 15) is 13.2 Å². The predicted molar refractivity (Wildman–Crippen MR) is 137 cm³/mol. The first-order valence-electron chi connectivity index (χ1n) is 11.9. The van der Waals surface area contributed by atoms with Crippen LogP contribution in [0.4, 0.5) is 5.69 Å². The van der Waals surface area contributed by atoms with Gasteiger partial charge in [-0.25, -0.2) is 8.42 Å². The maximum atomic E-state index is 13.0. The molecular weight excluding hydrogens is 462 g/mol. The molecule has 0 spiro atoms. The fraction of sp³-hybridized carbons (Fsp3) is 0.296. The van der Waals surface area contributed by atoms with Crippen molar-refractivity contribution in [2.45, 2.75) is 30.7 Å². The molecule has 1 fully saturated rings. The van der Waals surface area contributed by atoms with Gasteiger partial charge in [0, 0.05) is 17.8 Å². The molecule has 1 atom stereocenters. The van der Waals surface area contributed by atoms with Crippen molar-refractivity contribution in [2.24, 2.45) is 0 Å². The Hall–Kier alpha value is -3.36. The maximum absolute atomic E-state index is 13.0. The molecule has 0 aliphatic carbocycles. The van der Waals surface area contributed by atoms with Crippen LogP contribution in [-0.4, -0.2) is 45.5 Å². The van der Waals surface area contributed by atoms with Gasteiger partial charge in [0.15, 0.2) is 0 Å². The quantitative estimate of drug-likeness (QED) is 0.436. The van der Waals surface area contributed by atoms with E-state index in [1.165, 1.54) is 17.7 Å². The van der Waals surface area contributed by atoms with Crippen molar-refractivity contribution < 1.29 is 17.9 Å². The summed E-state index contributed by atoms with van der Waals surface area (Å²) in [5.74, 6) is 0.361. The summed E-state index contributed by atoms with van der Waals surface area (Å²) in [6.07, 6.45) is 2.32. The number of ether oxygens (including phenoxy) is 1. The van der Waals surface area contributed by atoms with Crippen LogP contribution < -0.4 is 14.8 Å². The van der Waals surface area contributed by atoms with E-state index in [1.54, 1.807) is 36.4 Å². The van der Waals surface area contributed by atoms with E-state index < -0.39 is 10.0 Å². The lowest BCUT2D eigenvalue weighted by molar-refractivity contribution is 0.0938. The first-order valence-corrected chi connectivity index (χ1v) is 13.4. The van der Waals surface area contributed by atoms with Gasteiger partial charge in [0.25, 0.3) is 15.9 Å². The average Bonchev–Trinajstić information content (AvgIpc) is 3.40. The number of carbonyl (C=O) groups is 1. The number of hydrogen-bond donors (Lipinski definition) is 2. The van der Waals surface area contributed by atoms with Gasteiger partial charge < -0.3 is 10.1 Å². The predicted octanol–water partition coefficient (Wildman–Crippen LogP) is 4.45. The van der Waals surface area contributed by atoms with Gasteiger partial charge in [0.05, 0.1) is 17.5 Å². The first-order chi connectivity index (χ1) is 17.0. The Balaban J connectivity index is 1.43. The molecule has 1 amide bonds. The lowest BCUT2D eigenvalue weighted by atomic mass is 10.1. The second-order valence-corrected chi connectivity index (χ2v) is 10.2. The maximum Gasteiger partial charge on any atom is 0.261 e. The second-order valence-electron chi connectivity index (χ2n) is 8.47. The van der Waals surface area contributed by atoms with E-state index in [0.29, 0.717) is 30.2 Å². The highest BCUT2D eigenvalue weighted by atomic mass is 32.2. The summed E-state index contributed by atoms with van der Waals surface area (Å²) in [6.45, 7) is 4.87. The summed E-state index contributed by atoms with van der Waals surface area (Å²) in [5.41, 5.74) is 1.89. The highest BCUT2D eigenvalue weighted by molar-refractivity contribution is 7.92. The fourth-order valence-corrected chi connectivity index (χ4v) is 5.35. The van der Waals surface area contributed by atoms with Gasteiger partial charge in [-0.2, -0.15) is 0 Å². The number of nitrogens with zero attached hydrogens (tertiary/aromatic N) is 1. The Kier molecular flexibility index (Phi) is 8.05. The molecule has 3 aromatic rings. The Labute approximate surface area is 207 Å². The molecule has 1 aliphatic heterocycles. The third kappa shape index (κ3) is 6.41. The number of likely N-dealkylation sites (tertiary alicyclic amines) is 1. The normalized spacial score (nSPS) is 14.9. The van der Waals surface area contributed by atoms with Crippen LogP contribution in [0.1, 0.15) is 41.7 Å². The molecule has 1 aliphatic rings. The molecule has 0 saturated carbocycles. The zero-order valence-corrected chi connectivity index (χ0v) is 20.6. The molecule has 2 N–H and O–H groups in total. The smallest absolute Gasteiger partial charge is 0.261 e. The summed E-state index contributed by atoms with van der Waals surface area (Å²) < 4.78 is 33.6. The lowest BCUT2D eigenvalue weighted by Crippen LogP contribution is -2.36. The molecule has 0 bridgehead atoms. The Bertz CT molecular complexity index is 1220. The Morgan fingerprint density at radius 3 is 2.37 bits per heavy atom. The van der Waals surface area contributed by atoms with E-state index in [0.717, 1.165) is 25.9 Å². The van der Waals surface area contributed by atoms with Crippen LogP contribution in [0.5, 0.6) is 5.75 Å². The zero-order valence-electron chi connectivity index (χ0n) is 19.8. The molecule has 0 radical (unpaired) electrons. The number of nitrogens with one attached hydrogen (secondary N) is 2. The molecule has 4 rings (SSSR count). The van der Waals surface area contributed by atoms with Crippen LogP contribution in [0.3, 0.4) is 0 Å². The summed E-state index contributed by atoms with van der Waals surface area (Å²) >= 11 is 0. The molecule has 0 unspecified atom stereocenters. The molecule has 1 saturated heterocycles. The molecular formula is C27H31N3O4S. The highest BCUT2D eigenvalue weighted by Gasteiger charge is 2.24. The lowest BCUT2D eigenvalue weighted by Gasteiger charge is -2.28. The van der Waals surface area contributed by atoms with Crippen LogP contribution >= 0.6 is 0 Å². The molecule has 8 heteroatoms. The van der Waals surface area contributed by atoms with Gasteiger partial charge in [-0.05, 0) is 80.9 Å². The van der Waals surface area contributed by atoms with Crippen molar-refractivity contribution in [3.05, 3.63) is 90.0 Å². The minimum Gasteiger partial charge on any atom is -0.494 e. The van der Waals surface area contributed by atoms with Crippen LogP contribution in [-0.2, 0) is 10.0 Å². The van der Waals surface area contributed by atoms with Gasteiger partial charge >= 0.3 is 0 Å². The van der Waals surface area contributed by atoms with E-state index in [4.69, 9.17) is 4.74 Å². The average molecular weight is 494 g/mol. The third-order valence-electron chi connectivity index (χ3n) is 6.04. The van der Waals surface area contributed by atoms with Crippen molar-refractivity contribution >= 4 is 21.6 Å². The zero-order chi connectivity index (χ0) is 24.7. The van der Waals surface area contributed by atoms with Crippen LogP contribution in [0, 0.1) is 0 Å². The SMILES string of the molecule is CCOc1ccc(S(=O)(=O)Nc2cccc(C(=O)NC[C@H](c3ccccc3)N3CCCC3)c2)cc1. The summed E-state index contributed by atoms with van der Waals surface area (Å²) in [5, 5.41) is 3.04. The van der Waals surface area contributed by atoms with Crippen molar-refractivity contribution in [2.75, 3.05) is 31.0 Å². The van der Waals surface area contributed by atoms with Crippen molar-refractivity contribution in [3.8, 4) is 5.75 Å². The van der Waals surface area contributed by atoms with Gasteiger partial charge in [0.1, 0.15) is 5.75 Å². The second kappa shape index (κ2) is 11.4. The summed E-state index contributed by atoms with van der Waals surface area (Å²) in [7, 11) is -3.80. The van der Waals surface area contributed by atoms with Crippen molar-refractivity contribution in [3.63, 3.8) is 0 Å². The van der Waals surface area contributed by atoms with Gasteiger partial charge in [0.2, 0.25) is 0 Å². The van der Waals surface area contributed by atoms with Crippen LogP contribution in [0.25, 0.3) is 0 Å². The first kappa shape index (κ1) is 24.8. The highest BCUT2D eigenvalue weighted by Crippen LogP contribution is 2.25. The Morgan fingerprint density at radius 2 is 1.69 bits per heavy atom. The number of carbonyl (C=O) groups excluding carboxylic acids is 1. The number of rotatable bonds is 10. The van der Waals surface area contributed by atoms with Crippen molar-refractivity contribution in [1.82, 2.24) is 10.2 Å². The van der Waals surface area contributed by atoms with Gasteiger partial charge in [-0.1, -0.05) is 36.4 Å². The molecule has 35 heavy (non-hydrogen) atoms. The molecule has 0 aromatic heterocycles. The summed E-state index contributed by atoms with van der Waals surface area (Å²) in [4.78, 5) is 15.5. The number of amides is 1. The van der Waals surface area contributed by atoms with E-state index in [2.05, 4.69) is 27.1 Å². The van der Waals surface area contributed by atoms with E-state index in [1.807, 2.05) is 25.1 Å². The van der Waals surface area contributed by atoms with E-state index >= 15 is 0 Å². The number of hydrogen-bond acceptors (Lipinski definition) is 5. The van der Waals surface area contributed by atoms with Gasteiger partial charge in [-0.15, -0.1) is 0 Å². The minimum atomic E-state index is -3.80. The Morgan fingerprint density at radius 1 is 0.971 bits per heavy atom. The molecule has 3 aromatic carbocycles. The largest absolute Gasteiger partial charge is 0.494 e. The molecule has 7 nitrogen and oxygen atoms in total. The van der Waals surface area contributed by atoms with Gasteiger partial charge in [-0.3, -0.25) is 14.4 Å². The topological polar surface area (TPSA) is 87.7 Å². The number of benzene rings is 3. The van der Waals surface area contributed by atoms with Crippen LogP contribution in [0.2, 0.25) is 0 Å². The fourth-order valence-electron chi connectivity index (χ4n) is 4.30. The van der Waals surface area contributed by atoms with E-state index in [-0.39, 0.29) is 16.8 Å². The molecule has 1 heterocycles. The third-order valence-corrected chi connectivity index (χ3v) is 7.44. The minimum absolute atomic E-state index is 0.101. The molecule has 184 valence electrons. The summed E-state index contributed by atoms with van der Waals surface area (Å²) in [6, 6.07) is 23.0. The van der Waals surface area contributed by atoms with Crippen LogP contribution in [0.15, 0.2) is 83.8 Å². The standard InChI is InChI=1S/C27H31N3O4S/c1-2-34-24-13-15-25(16-14-24)35(32,33)29-23-12-8-11-22(19-23)27(31)28-20-26(30-17-6-7-18-30)21-9-4-3-5-10-21/h3-5,8-16,19,26,29H,2,6-7,17-18,20H2,1H3,(H,28,31)/t26-/m1/s1.